The molecule has 1 aromatic rings. The van der Waals surface area contributed by atoms with Gasteiger partial charge in [0.05, 0.1) is 0 Å². The summed E-state index contributed by atoms with van der Waals surface area (Å²) in [6.07, 6.45) is 2.56. The van der Waals surface area contributed by atoms with Crippen LogP contribution in [0.5, 0.6) is 0 Å². The van der Waals surface area contributed by atoms with E-state index in [1.54, 1.807) is 0 Å². The van der Waals surface area contributed by atoms with Gasteiger partial charge >= 0.3 is 0 Å². The molecule has 1 aromatic heterocycles. The molecule has 0 saturated carbocycles. The molecule has 21 heavy (non-hydrogen) atoms. The number of piperidine rings is 1. The molecule has 1 aliphatic heterocycles. The monoisotopic (exact) mass is 333 g/mol. The van der Waals surface area contributed by atoms with Crippen LogP contribution in [-0.4, -0.2) is 48.5 Å². The molecule has 0 radical (unpaired) electrons. The summed E-state index contributed by atoms with van der Waals surface area (Å²) >= 11 is 0.869. The van der Waals surface area contributed by atoms with E-state index in [4.69, 9.17) is 5.73 Å². The van der Waals surface area contributed by atoms with Gasteiger partial charge in [0.15, 0.2) is 0 Å². The van der Waals surface area contributed by atoms with Crippen molar-refractivity contribution in [2.45, 2.75) is 30.5 Å². The molecule has 1 saturated heterocycles. The van der Waals surface area contributed by atoms with E-state index < -0.39 is 10.0 Å². The van der Waals surface area contributed by atoms with Crippen molar-refractivity contribution in [3.63, 3.8) is 0 Å². The highest BCUT2D eigenvalue weighted by Gasteiger charge is 2.32. The van der Waals surface area contributed by atoms with Crippen LogP contribution in [0.2, 0.25) is 0 Å². The molecule has 2 heterocycles. The lowest BCUT2D eigenvalue weighted by atomic mass is 9.95. The minimum Gasteiger partial charge on any atom is -0.330 e. The number of amides is 1. The third kappa shape index (κ3) is 3.96. The first-order valence-electron chi connectivity index (χ1n) is 6.75. The Kier molecular flexibility index (Phi) is 5.25. The molecule has 2 rings (SSSR count). The summed E-state index contributed by atoms with van der Waals surface area (Å²) in [5, 5.41) is 9.98. The fourth-order valence-electron chi connectivity index (χ4n) is 2.30. The Balaban J connectivity index is 2.05. The Bertz CT molecular complexity index is 593. The second-order valence-corrected chi connectivity index (χ2v) is 8.07. The molecule has 8 nitrogen and oxygen atoms in total. The minimum atomic E-state index is -3.62. The number of nitrogens with one attached hydrogen (secondary N) is 1. The van der Waals surface area contributed by atoms with Crippen LogP contribution < -0.4 is 11.1 Å². The van der Waals surface area contributed by atoms with E-state index in [0.717, 1.165) is 30.6 Å². The number of sulfonamides is 1. The Morgan fingerprint density at radius 1 is 1.43 bits per heavy atom. The van der Waals surface area contributed by atoms with Gasteiger partial charge in [-0.05, 0) is 31.7 Å². The number of hydrogen-bond acceptors (Lipinski definition) is 7. The van der Waals surface area contributed by atoms with Crippen molar-refractivity contribution < 1.29 is 13.2 Å². The van der Waals surface area contributed by atoms with Gasteiger partial charge in [0.1, 0.15) is 0 Å². The summed E-state index contributed by atoms with van der Waals surface area (Å²) in [6, 6.07) is 0. The zero-order chi connectivity index (χ0) is 15.5. The molecule has 10 heteroatoms. The second kappa shape index (κ2) is 6.77. The molecule has 1 aliphatic rings. The Labute approximate surface area is 127 Å². The average Bonchev–Trinajstić information content (AvgIpc) is 2.88. The number of aromatic nitrogens is 2. The van der Waals surface area contributed by atoms with Crippen molar-refractivity contribution in [3.05, 3.63) is 0 Å². The summed E-state index contributed by atoms with van der Waals surface area (Å²) in [7, 11) is -3.62. The molecule has 0 aliphatic carbocycles. The zero-order valence-corrected chi connectivity index (χ0v) is 13.4. The summed E-state index contributed by atoms with van der Waals surface area (Å²) in [5.74, 6) is 0.184. The third-order valence-electron chi connectivity index (χ3n) is 3.40. The number of nitrogens with two attached hydrogens (primary N) is 1. The molecule has 1 fully saturated rings. The molecular formula is C11H19N5O3S2. The number of hydrogen-bond donors (Lipinski definition) is 2. The first-order chi connectivity index (χ1) is 9.93. The Morgan fingerprint density at radius 3 is 2.67 bits per heavy atom. The van der Waals surface area contributed by atoms with Crippen molar-refractivity contribution in [1.29, 1.82) is 0 Å². The van der Waals surface area contributed by atoms with Crippen LogP contribution in [0.4, 0.5) is 5.13 Å². The zero-order valence-electron chi connectivity index (χ0n) is 11.8. The summed E-state index contributed by atoms with van der Waals surface area (Å²) in [6.45, 7) is 2.91. The first-order valence-corrected chi connectivity index (χ1v) is 9.00. The van der Waals surface area contributed by atoms with Crippen molar-refractivity contribution >= 4 is 32.4 Å². The lowest BCUT2D eigenvalue weighted by Gasteiger charge is -2.30. The van der Waals surface area contributed by atoms with E-state index in [1.165, 1.54) is 11.2 Å². The van der Waals surface area contributed by atoms with Gasteiger partial charge in [0, 0.05) is 20.0 Å². The SMILES string of the molecule is CC(=O)Nc1nnc(S(=O)(=O)N2CCC(CCN)CC2)s1. The van der Waals surface area contributed by atoms with Crippen LogP contribution in [0.15, 0.2) is 4.34 Å². The molecule has 3 N–H and O–H groups in total. The van der Waals surface area contributed by atoms with Gasteiger partial charge in [-0.25, -0.2) is 8.42 Å². The molecular weight excluding hydrogens is 314 g/mol. The van der Waals surface area contributed by atoms with E-state index in [2.05, 4.69) is 15.5 Å². The molecule has 118 valence electrons. The third-order valence-corrected chi connectivity index (χ3v) is 6.48. The molecule has 1 amide bonds. The van der Waals surface area contributed by atoms with Gasteiger partial charge < -0.3 is 11.1 Å². The van der Waals surface area contributed by atoms with Crippen molar-refractivity contribution in [2.24, 2.45) is 11.7 Å². The van der Waals surface area contributed by atoms with Gasteiger partial charge in [0.2, 0.25) is 15.4 Å². The normalized spacial score (nSPS) is 17.8. The highest BCUT2D eigenvalue weighted by atomic mass is 32.2. The van der Waals surface area contributed by atoms with Gasteiger partial charge in [-0.3, -0.25) is 4.79 Å². The van der Waals surface area contributed by atoms with Crippen molar-refractivity contribution in [2.75, 3.05) is 25.0 Å². The van der Waals surface area contributed by atoms with E-state index in [-0.39, 0.29) is 15.4 Å². The quantitative estimate of drug-likeness (QED) is 0.746. The maximum absolute atomic E-state index is 12.4. The topological polar surface area (TPSA) is 118 Å². The highest BCUT2D eigenvalue weighted by molar-refractivity contribution is 7.91. The minimum absolute atomic E-state index is 0.0801. The number of carbonyl (C=O) groups is 1. The van der Waals surface area contributed by atoms with E-state index >= 15 is 0 Å². The van der Waals surface area contributed by atoms with Crippen LogP contribution in [0, 0.1) is 5.92 Å². The van der Waals surface area contributed by atoms with E-state index in [0.29, 0.717) is 25.6 Å². The molecule has 0 atom stereocenters. The number of rotatable bonds is 5. The summed E-state index contributed by atoms with van der Waals surface area (Å²) < 4.78 is 26.2. The van der Waals surface area contributed by atoms with E-state index in [9.17, 15) is 13.2 Å². The van der Waals surface area contributed by atoms with Gasteiger partial charge in [-0.1, -0.05) is 11.3 Å². The standard InChI is InChI=1S/C11H19N5O3S2/c1-8(17)13-10-14-15-11(20-10)21(18,19)16-6-3-9(2-5-12)4-7-16/h9H,2-7,12H2,1H3,(H,13,14,17). The Morgan fingerprint density at radius 2 is 2.10 bits per heavy atom. The maximum Gasteiger partial charge on any atom is 0.272 e. The molecule has 0 unspecified atom stereocenters. The van der Waals surface area contributed by atoms with Crippen LogP contribution in [0.3, 0.4) is 0 Å². The van der Waals surface area contributed by atoms with Crippen LogP contribution in [0.25, 0.3) is 0 Å². The van der Waals surface area contributed by atoms with Gasteiger partial charge in [0.25, 0.3) is 10.0 Å². The Hall–Kier alpha value is -1.10. The lowest BCUT2D eigenvalue weighted by Crippen LogP contribution is -2.38. The van der Waals surface area contributed by atoms with Crippen LogP contribution >= 0.6 is 11.3 Å². The second-order valence-electron chi connectivity index (χ2n) is 4.98. The number of carbonyl (C=O) groups excluding carboxylic acids is 1. The highest BCUT2D eigenvalue weighted by Crippen LogP contribution is 2.28. The first kappa shape index (κ1) is 16.3. The predicted molar refractivity (Wildman–Crippen MR) is 79.4 cm³/mol. The molecule has 0 spiro atoms. The summed E-state index contributed by atoms with van der Waals surface area (Å²) in [4.78, 5) is 10.9. The predicted octanol–water partition coefficient (Wildman–Crippen LogP) is 0.246. The largest absolute Gasteiger partial charge is 0.330 e. The van der Waals surface area contributed by atoms with Gasteiger partial charge in [-0.15, -0.1) is 10.2 Å². The maximum atomic E-state index is 12.4. The fourth-order valence-corrected chi connectivity index (χ4v) is 4.85. The van der Waals surface area contributed by atoms with Crippen LogP contribution in [-0.2, 0) is 14.8 Å². The summed E-state index contributed by atoms with van der Waals surface area (Å²) in [5.41, 5.74) is 5.53. The van der Waals surface area contributed by atoms with Gasteiger partial charge in [-0.2, -0.15) is 4.31 Å². The lowest BCUT2D eigenvalue weighted by molar-refractivity contribution is -0.114. The smallest absolute Gasteiger partial charge is 0.272 e. The molecule has 0 bridgehead atoms. The average molecular weight is 333 g/mol. The fraction of sp³-hybridized carbons (Fsp3) is 0.727. The van der Waals surface area contributed by atoms with Crippen molar-refractivity contribution in [1.82, 2.24) is 14.5 Å². The van der Waals surface area contributed by atoms with Crippen LogP contribution in [0.1, 0.15) is 26.2 Å². The number of nitrogens with zero attached hydrogens (tertiary/aromatic N) is 3. The molecule has 0 aromatic carbocycles. The van der Waals surface area contributed by atoms with E-state index in [1.807, 2.05) is 0 Å². The van der Waals surface area contributed by atoms with Crippen molar-refractivity contribution in [3.8, 4) is 0 Å². The number of anilines is 1.